The van der Waals surface area contributed by atoms with Gasteiger partial charge in [0.1, 0.15) is 23.4 Å². The molecule has 2 aromatic heterocycles. The van der Waals surface area contributed by atoms with Crippen LogP contribution in [0.4, 0.5) is 10.2 Å². The maximum Gasteiger partial charge on any atom is 0.332 e. The SMILES string of the molecule is Cn1c(N)c(C(=O)C[n+]2cc(-c3ccc(F)cc3)n3c2CCC3)c(=O)n(C)c1=O. The van der Waals surface area contributed by atoms with Gasteiger partial charge in [0.05, 0.1) is 13.0 Å². The van der Waals surface area contributed by atoms with Crippen molar-refractivity contribution in [2.45, 2.75) is 25.9 Å². The summed E-state index contributed by atoms with van der Waals surface area (Å²) in [5.41, 5.74) is 6.16. The van der Waals surface area contributed by atoms with Crippen LogP contribution in [0.3, 0.4) is 0 Å². The van der Waals surface area contributed by atoms with E-state index in [-0.39, 0.29) is 23.7 Å². The number of Topliss-reactive ketones (excluding diaryl/α,β-unsaturated/α-hetero) is 1. The van der Waals surface area contributed by atoms with E-state index in [1.807, 2.05) is 6.20 Å². The van der Waals surface area contributed by atoms with Crippen LogP contribution in [0.2, 0.25) is 0 Å². The van der Waals surface area contributed by atoms with Gasteiger partial charge in [0, 0.05) is 19.7 Å². The predicted octanol–water partition coefficient (Wildman–Crippen LogP) is 0.390. The minimum Gasteiger partial charge on any atom is -0.384 e. The first-order chi connectivity index (χ1) is 13.8. The third-order valence-electron chi connectivity index (χ3n) is 5.44. The largest absolute Gasteiger partial charge is 0.384 e. The molecule has 1 aromatic carbocycles. The molecule has 4 rings (SSSR count). The highest BCUT2D eigenvalue weighted by atomic mass is 19.1. The van der Waals surface area contributed by atoms with Crippen molar-refractivity contribution in [2.75, 3.05) is 5.73 Å². The number of ketones is 1. The topological polar surface area (TPSA) is 95.9 Å². The number of benzene rings is 1. The average molecular weight is 398 g/mol. The predicted molar refractivity (Wildman–Crippen MR) is 104 cm³/mol. The monoisotopic (exact) mass is 398 g/mol. The van der Waals surface area contributed by atoms with E-state index >= 15 is 0 Å². The van der Waals surface area contributed by atoms with Gasteiger partial charge in [0.2, 0.25) is 5.78 Å². The van der Waals surface area contributed by atoms with Crippen LogP contribution in [-0.4, -0.2) is 19.5 Å². The van der Waals surface area contributed by atoms with Crippen LogP contribution in [0.15, 0.2) is 40.1 Å². The van der Waals surface area contributed by atoms with Gasteiger partial charge in [-0.3, -0.25) is 18.7 Å². The second kappa shape index (κ2) is 6.84. The summed E-state index contributed by atoms with van der Waals surface area (Å²) < 4.78 is 19.2. The van der Waals surface area contributed by atoms with Crippen molar-refractivity contribution in [3.63, 3.8) is 0 Å². The molecular weight excluding hydrogens is 377 g/mol. The van der Waals surface area contributed by atoms with Gasteiger partial charge >= 0.3 is 5.69 Å². The number of nitrogens with two attached hydrogens (primary N) is 1. The van der Waals surface area contributed by atoms with Crippen LogP contribution in [0.5, 0.6) is 0 Å². The van der Waals surface area contributed by atoms with Crippen molar-refractivity contribution in [3.05, 3.63) is 68.5 Å². The van der Waals surface area contributed by atoms with E-state index in [2.05, 4.69) is 4.57 Å². The molecule has 150 valence electrons. The van der Waals surface area contributed by atoms with Crippen molar-refractivity contribution in [3.8, 4) is 11.3 Å². The molecule has 0 radical (unpaired) electrons. The smallest absolute Gasteiger partial charge is 0.332 e. The molecule has 0 amide bonds. The van der Waals surface area contributed by atoms with E-state index in [0.717, 1.165) is 45.6 Å². The number of anilines is 1. The molecule has 9 heteroatoms. The van der Waals surface area contributed by atoms with Gasteiger partial charge in [-0.15, -0.1) is 0 Å². The molecule has 0 aliphatic carbocycles. The molecule has 3 aromatic rings. The quantitative estimate of drug-likeness (QED) is 0.508. The van der Waals surface area contributed by atoms with Crippen molar-refractivity contribution >= 4 is 11.6 Å². The first kappa shape index (κ1) is 18.9. The van der Waals surface area contributed by atoms with E-state index in [1.54, 1.807) is 16.7 Å². The Hall–Kier alpha value is -3.49. The molecule has 1 aliphatic rings. The fourth-order valence-electron chi connectivity index (χ4n) is 3.85. The zero-order valence-corrected chi connectivity index (χ0v) is 16.2. The molecule has 0 fully saturated rings. The molecule has 0 saturated carbocycles. The third-order valence-corrected chi connectivity index (χ3v) is 5.44. The van der Waals surface area contributed by atoms with Crippen molar-refractivity contribution < 1.29 is 13.8 Å². The molecule has 0 saturated heterocycles. The van der Waals surface area contributed by atoms with E-state index in [9.17, 15) is 18.8 Å². The number of carbonyl (C=O) groups is 1. The van der Waals surface area contributed by atoms with Gasteiger partial charge in [0.25, 0.3) is 11.4 Å². The number of nitrogen functional groups attached to an aromatic ring is 1. The Morgan fingerprint density at radius 1 is 1.17 bits per heavy atom. The maximum absolute atomic E-state index is 13.3. The maximum atomic E-state index is 13.3. The number of rotatable bonds is 4. The molecule has 0 bridgehead atoms. The number of aromatic nitrogens is 4. The third kappa shape index (κ3) is 2.98. The van der Waals surface area contributed by atoms with E-state index in [0.29, 0.717) is 0 Å². The summed E-state index contributed by atoms with van der Waals surface area (Å²) >= 11 is 0. The zero-order valence-electron chi connectivity index (χ0n) is 16.2. The summed E-state index contributed by atoms with van der Waals surface area (Å²) in [6, 6.07) is 6.19. The first-order valence-electron chi connectivity index (χ1n) is 9.26. The number of fused-ring (bicyclic) bond motifs is 1. The molecule has 1 aliphatic heterocycles. The Labute approximate surface area is 165 Å². The van der Waals surface area contributed by atoms with E-state index in [4.69, 9.17) is 5.73 Å². The van der Waals surface area contributed by atoms with E-state index < -0.39 is 17.0 Å². The lowest BCUT2D eigenvalue weighted by atomic mass is 10.1. The van der Waals surface area contributed by atoms with Gasteiger partial charge < -0.3 is 5.73 Å². The van der Waals surface area contributed by atoms with Crippen LogP contribution in [0.25, 0.3) is 11.3 Å². The number of carbonyl (C=O) groups excluding carboxylic acids is 1. The standard InChI is InChI=1S/C20H20FN5O3/c1-23-18(22)17(19(28)24(2)20(23)29)15(27)11-25-10-14(26-9-3-4-16(25)26)12-5-7-13(21)8-6-12/h5-8,10H,3-4,9,11H2,1-2H3,(H-,22,27,28)/p+1. The van der Waals surface area contributed by atoms with Crippen LogP contribution in [-0.2, 0) is 33.6 Å². The highest BCUT2D eigenvalue weighted by molar-refractivity contribution is 5.98. The van der Waals surface area contributed by atoms with Gasteiger partial charge in [-0.25, -0.2) is 18.3 Å². The van der Waals surface area contributed by atoms with Gasteiger partial charge in [0.15, 0.2) is 12.2 Å². The normalized spacial score (nSPS) is 12.9. The molecule has 8 nitrogen and oxygen atoms in total. The van der Waals surface area contributed by atoms with Crippen LogP contribution < -0.4 is 21.5 Å². The lowest BCUT2D eigenvalue weighted by Gasteiger charge is -2.10. The molecule has 0 unspecified atom stereocenters. The highest BCUT2D eigenvalue weighted by Gasteiger charge is 2.31. The Bertz CT molecular complexity index is 1250. The number of hydrogen-bond donors (Lipinski definition) is 1. The molecule has 0 spiro atoms. The summed E-state index contributed by atoms with van der Waals surface area (Å²) in [6.45, 7) is 0.723. The minimum absolute atomic E-state index is 0.0752. The van der Waals surface area contributed by atoms with Crippen molar-refractivity contribution in [1.29, 1.82) is 0 Å². The lowest BCUT2D eigenvalue weighted by Crippen LogP contribution is -2.45. The Morgan fingerprint density at radius 2 is 1.86 bits per heavy atom. The molecular formula is C20H21FN5O3+. The molecule has 2 N–H and O–H groups in total. The fraction of sp³-hybridized carbons (Fsp3) is 0.300. The highest BCUT2D eigenvalue weighted by Crippen LogP contribution is 2.25. The average Bonchev–Trinajstić information content (AvgIpc) is 3.30. The van der Waals surface area contributed by atoms with Gasteiger partial charge in [-0.05, 0) is 30.7 Å². The summed E-state index contributed by atoms with van der Waals surface area (Å²) in [5, 5.41) is 0. The second-order valence-electron chi connectivity index (χ2n) is 7.21. The number of imidazole rings is 1. The van der Waals surface area contributed by atoms with Crippen molar-refractivity contribution in [2.24, 2.45) is 14.1 Å². The molecule has 3 heterocycles. The molecule has 29 heavy (non-hydrogen) atoms. The Kier molecular flexibility index (Phi) is 4.45. The fourth-order valence-corrected chi connectivity index (χ4v) is 3.85. The first-order valence-corrected chi connectivity index (χ1v) is 9.26. The van der Waals surface area contributed by atoms with Gasteiger partial charge in [-0.1, -0.05) is 0 Å². The summed E-state index contributed by atoms with van der Waals surface area (Å²) in [4.78, 5) is 37.4. The Balaban J connectivity index is 1.76. The summed E-state index contributed by atoms with van der Waals surface area (Å²) in [6.07, 6.45) is 3.56. The summed E-state index contributed by atoms with van der Waals surface area (Å²) in [7, 11) is 2.74. The second-order valence-corrected chi connectivity index (χ2v) is 7.21. The Morgan fingerprint density at radius 3 is 2.55 bits per heavy atom. The summed E-state index contributed by atoms with van der Waals surface area (Å²) in [5.74, 6) is 0.0388. The van der Waals surface area contributed by atoms with Gasteiger partial charge in [-0.2, -0.15) is 0 Å². The van der Waals surface area contributed by atoms with Crippen molar-refractivity contribution in [1.82, 2.24) is 13.7 Å². The number of nitrogens with zero attached hydrogens (tertiary/aromatic N) is 4. The van der Waals surface area contributed by atoms with Crippen LogP contribution in [0, 0.1) is 5.82 Å². The zero-order chi connectivity index (χ0) is 20.9. The minimum atomic E-state index is -0.703. The van der Waals surface area contributed by atoms with Crippen LogP contribution >= 0.6 is 0 Å². The van der Waals surface area contributed by atoms with E-state index in [1.165, 1.54) is 26.2 Å². The molecule has 0 atom stereocenters. The van der Waals surface area contributed by atoms with Crippen LogP contribution in [0.1, 0.15) is 22.6 Å². The number of halogens is 1. The lowest BCUT2D eigenvalue weighted by molar-refractivity contribution is -0.689. The number of hydrogen-bond acceptors (Lipinski definition) is 4.